The normalized spacial score (nSPS) is 18.2. The third-order valence-corrected chi connectivity index (χ3v) is 2.73. The minimum absolute atomic E-state index is 0.320. The fourth-order valence-corrected chi connectivity index (χ4v) is 1.62. The Kier molecular flexibility index (Phi) is 3.74. The second-order valence-electron chi connectivity index (χ2n) is 4.84. The summed E-state index contributed by atoms with van der Waals surface area (Å²) >= 11 is 0. The number of nitrogens with one attached hydrogen (secondary N) is 1. The first-order chi connectivity index (χ1) is 6.02. The average Bonchev–Trinajstić information content (AvgIpc) is 2.79. The molecule has 0 aliphatic heterocycles. The standard InChI is InChI=1S/C11H23NO/c1-9(2)13-8-7-12-11(3,4)10-5-6-10/h9-10,12H,5-8H2,1-4H3. The highest BCUT2D eigenvalue weighted by Gasteiger charge is 2.36. The van der Waals surface area contributed by atoms with Crippen LogP contribution in [-0.4, -0.2) is 24.8 Å². The highest BCUT2D eigenvalue weighted by Crippen LogP contribution is 2.38. The van der Waals surface area contributed by atoms with E-state index in [1.165, 1.54) is 12.8 Å². The summed E-state index contributed by atoms with van der Waals surface area (Å²) in [7, 11) is 0. The second kappa shape index (κ2) is 4.43. The molecule has 0 spiro atoms. The fourth-order valence-electron chi connectivity index (χ4n) is 1.62. The fraction of sp³-hybridized carbons (Fsp3) is 1.00. The van der Waals surface area contributed by atoms with Crippen LogP contribution in [0.3, 0.4) is 0 Å². The van der Waals surface area contributed by atoms with Crippen LogP contribution < -0.4 is 5.32 Å². The van der Waals surface area contributed by atoms with Crippen molar-refractivity contribution >= 4 is 0 Å². The molecular weight excluding hydrogens is 162 g/mol. The van der Waals surface area contributed by atoms with Crippen molar-refractivity contribution in [1.82, 2.24) is 5.32 Å². The van der Waals surface area contributed by atoms with E-state index >= 15 is 0 Å². The van der Waals surface area contributed by atoms with Crippen molar-refractivity contribution in [1.29, 1.82) is 0 Å². The van der Waals surface area contributed by atoms with Gasteiger partial charge in [-0.15, -0.1) is 0 Å². The van der Waals surface area contributed by atoms with Gasteiger partial charge in [0.05, 0.1) is 12.7 Å². The zero-order chi connectivity index (χ0) is 9.90. The van der Waals surface area contributed by atoms with Gasteiger partial charge < -0.3 is 10.1 Å². The second-order valence-corrected chi connectivity index (χ2v) is 4.84. The van der Waals surface area contributed by atoms with E-state index in [1.807, 2.05) is 0 Å². The van der Waals surface area contributed by atoms with Gasteiger partial charge in [-0.2, -0.15) is 0 Å². The van der Waals surface area contributed by atoms with E-state index in [4.69, 9.17) is 4.74 Å². The Morgan fingerprint density at radius 2 is 2.00 bits per heavy atom. The van der Waals surface area contributed by atoms with Gasteiger partial charge in [0, 0.05) is 12.1 Å². The topological polar surface area (TPSA) is 21.3 Å². The Morgan fingerprint density at radius 3 is 2.46 bits per heavy atom. The van der Waals surface area contributed by atoms with Crippen LogP contribution in [0.15, 0.2) is 0 Å². The molecule has 1 fully saturated rings. The predicted octanol–water partition coefficient (Wildman–Crippen LogP) is 2.19. The zero-order valence-corrected chi connectivity index (χ0v) is 9.39. The molecule has 0 bridgehead atoms. The molecule has 0 aromatic carbocycles. The molecule has 13 heavy (non-hydrogen) atoms. The van der Waals surface area contributed by atoms with Crippen molar-refractivity contribution < 1.29 is 4.74 Å². The number of hydrogen-bond donors (Lipinski definition) is 1. The van der Waals surface area contributed by atoms with Crippen molar-refractivity contribution in [3.8, 4) is 0 Å². The smallest absolute Gasteiger partial charge is 0.0594 e. The lowest BCUT2D eigenvalue weighted by molar-refractivity contribution is 0.0760. The zero-order valence-electron chi connectivity index (χ0n) is 9.39. The monoisotopic (exact) mass is 185 g/mol. The molecule has 0 aromatic rings. The molecule has 2 nitrogen and oxygen atoms in total. The summed E-state index contributed by atoms with van der Waals surface area (Å²) in [6, 6.07) is 0. The lowest BCUT2D eigenvalue weighted by Crippen LogP contribution is -2.43. The van der Waals surface area contributed by atoms with Crippen LogP contribution in [0.5, 0.6) is 0 Å². The minimum atomic E-state index is 0.320. The maximum atomic E-state index is 5.47. The summed E-state index contributed by atoms with van der Waals surface area (Å²) in [6.07, 6.45) is 3.14. The minimum Gasteiger partial charge on any atom is -0.377 e. The Balaban J connectivity index is 2.04. The Hall–Kier alpha value is -0.0800. The summed E-state index contributed by atoms with van der Waals surface area (Å²) in [5, 5.41) is 3.55. The summed E-state index contributed by atoms with van der Waals surface area (Å²) < 4.78 is 5.47. The first-order valence-corrected chi connectivity index (χ1v) is 5.39. The molecule has 0 aromatic heterocycles. The molecule has 0 saturated heterocycles. The lowest BCUT2D eigenvalue weighted by Gasteiger charge is -2.26. The molecule has 1 saturated carbocycles. The van der Waals surface area contributed by atoms with Crippen LogP contribution in [0.25, 0.3) is 0 Å². The largest absolute Gasteiger partial charge is 0.377 e. The number of hydrogen-bond acceptors (Lipinski definition) is 2. The van der Waals surface area contributed by atoms with Gasteiger partial charge >= 0.3 is 0 Å². The molecular formula is C11H23NO. The quantitative estimate of drug-likeness (QED) is 0.640. The highest BCUT2D eigenvalue weighted by molar-refractivity contribution is 4.94. The molecule has 1 N–H and O–H groups in total. The number of ether oxygens (including phenoxy) is 1. The molecule has 78 valence electrons. The van der Waals surface area contributed by atoms with Crippen LogP contribution in [0, 0.1) is 5.92 Å². The molecule has 1 aliphatic carbocycles. The van der Waals surface area contributed by atoms with E-state index in [-0.39, 0.29) is 0 Å². The molecule has 1 rings (SSSR count). The van der Waals surface area contributed by atoms with Crippen molar-refractivity contribution in [2.75, 3.05) is 13.2 Å². The maximum absolute atomic E-state index is 5.47. The van der Waals surface area contributed by atoms with Crippen LogP contribution >= 0.6 is 0 Å². The van der Waals surface area contributed by atoms with Gasteiger partial charge in [0.25, 0.3) is 0 Å². The molecule has 0 radical (unpaired) electrons. The Morgan fingerprint density at radius 1 is 1.38 bits per heavy atom. The van der Waals surface area contributed by atoms with E-state index < -0.39 is 0 Å². The van der Waals surface area contributed by atoms with Gasteiger partial charge in [-0.3, -0.25) is 0 Å². The SMILES string of the molecule is CC(C)OCCNC(C)(C)C1CC1. The van der Waals surface area contributed by atoms with Gasteiger partial charge in [0.15, 0.2) is 0 Å². The summed E-state index contributed by atoms with van der Waals surface area (Å²) in [5.41, 5.74) is 0.320. The molecule has 0 atom stereocenters. The average molecular weight is 185 g/mol. The van der Waals surface area contributed by atoms with Crippen molar-refractivity contribution in [2.45, 2.75) is 52.2 Å². The van der Waals surface area contributed by atoms with Crippen LogP contribution in [0.2, 0.25) is 0 Å². The van der Waals surface area contributed by atoms with Crippen molar-refractivity contribution in [2.24, 2.45) is 5.92 Å². The molecule has 2 heteroatoms. The predicted molar refractivity (Wildman–Crippen MR) is 55.9 cm³/mol. The lowest BCUT2D eigenvalue weighted by atomic mass is 9.99. The highest BCUT2D eigenvalue weighted by atomic mass is 16.5. The Labute approximate surface area is 82.0 Å². The van der Waals surface area contributed by atoms with Gasteiger partial charge in [-0.05, 0) is 46.5 Å². The summed E-state index contributed by atoms with van der Waals surface area (Å²) in [5.74, 6) is 0.895. The third-order valence-electron chi connectivity index (χ3n) is 2.73. The molecule has 0 heterocycles. The first-order valence-electron chi connectivity index (χ1n) is 5.39. The van der Waals surface area contributed by atoms with E-state index in [9.17, 15) is 0 Å². The molecule has 0 amide bonds. The van der Waals surface area contributed by atoms with Crippen molar-refractivity contribution in [3.05, 3.63) is 0 Å². The van der Waals surface area contributed by atoms with Gasteiger partial charge in [-0.25, -0.2) is 0 Å². The summed E-state index contributed by atoms with van der Waals surface area (Å²) in [6.45, 7) is 10.5. The first kappa shape index (κ1) is 11.0. The van der Waals surface area contributed by atoms with Gasteiger partial charge in [0.2, 0.25) is 0 Å². The van der Waals surface area contributed by atoms with Crippen molar-refractivity contribution in [3.63, 3.8) is 0 Å². The van der Waals surface area contributed by atoms with E-state index in [2.05, 4.69) is 33.0 Å². The van der Waals surface area contributed by atoms with E-state index in [1.54, 1.807) is 0 Å². The van der Waals surface area contributed by atoms with Gasteiger partial charge in [0.1, 0.15) is 0 Å². The Bertz CT molecular complexity index is 150. The molecule has 0 unspecified atom stereocenters. The van der Waals surface area contributed by atoms with Crippen LogP contribution in [-0.2, 0) is 4.74 Å². The van der Waals surface area contributed by atoms with Crippen LogP contribution in [0.4, 0.5) is 0 Å². The molecule has 1 aliphatic rings. The van der Waals surface area contributed by atoms with Crippen LogP contribution in [0.1, 0.15) is 40.5 Å². The number of rotatable bonds is 6. The summed E-state index contributed by atoms with van der Waals surface area (Å²) in [4.78, 5) is 0. The van der Waals surface area contributed by atoms with E-state index in [0.29, 0.717) is 11.6 Å². The third kappa shape index (κ3) is 4.10. The van der Waals surface area contributed by atoms with E-state index in [0.717, 1.165) is 19.1 Å². The van der Waals surface area contributed by atoms with Gasteiger partial charge in [-0.1, -0.05) is 0 Å². The maximum Gasteiger partial charge on any atom is 0.0594 e.